The van der Waals surface area contributed by atoms with Gasteiger partial charge in [0.15, 0.2) is 11.6 Å². The van der Waals surface area contributed by atoms with Crippen molar-refractivity contribution in [2.45, 2.75) is 11.8 Å². The van der Waals surface area contributed by atoms with Gasteiger partial charge in [0.25, 0.3) is 0 Å². The van der Waals surface area contributed by atoms with Crippen molar-refractivity contribution >= 4 is 11.8 Å². The molecule has 1 N–H and O–H groups in total. The van der Waals surface area contributed by atoms with Gasteiger partial charge >= 0.3 is 0 Å². The van der Waals surface area contributed by atoms with E-state index < -0.39 is 5.92 Å². The van der Waals surface area contributed by atoms with E-state index >= 15 is 0 Å². The second-order valence-electron chi connectivity index (χ2n) is 16.6. The Morgan fingerprint density at radius 1 is 0.364 bits per heavy atom. The Balaban J connectivity index is 1.21. The van der Waals surface area contributed by atoms with Crippen molar-refractivity contribution in [3.8, 4) is 78.4 Å². The summed E-state index contributed by atoms with van der Waals surface area (Å²) in [5.41, 5.74) is 17.2. The number of nitrogens with one attached hydrogen (secondary N) is 1. The first kappa shape index (κ1) is 40.2. The van der Waals surface area contributed by atoms with Crippen LogP contribution in [0, 0.1) is 5.41 Å². The van der Waals surface area contributed by atoms with Crippen molar-refractivity contribution in [1.82, 2.24) is 15.0 Å². The van der Waals surface area contributed by atoms with Crippen LogP contribution >= 0.6 is 0 Å². The van der Waals surface area contributed by atoms with Crippen molar-refractivity contribution in [1.29, 1.82) is 5.41 Å². The SMILES string of the molecule is N=C/C(=C\C(c1nc(-c2ccccc2)nc(-c2ccccc2)n1)C1c2ccc(-c3ccccc3)cc2-c2cc(-c3ccccc3)ccc21)c1c(-c2ccccc2)cccc1-c1ccccc1. The number of allylic oxidation sites excluding steroid dienone is 2. The quantitative estimate of drug-likeness (QED) is 0.132. The van der Waals surface area contributed by atoms with Gasteiger partial charge in [0.1, 0.15) is 5.82 Å². The molecule has 0 amide bonds. The second kappa shape index (κ2) is 17.9. The summed E-state index contributed by atoms with van der Waals surface area (Å²) in [6, 6.07) is 82.8. The Morgan fingerprint density at radius 3 is 1.14 bits per heavy atom. The molecule has 1 aromatic heterocycles. The summed E-state index contributed by atoms with van der Waals surface area (Å²) in [4.78, 5) is 16.0. The third kappa shape index (κ3) is 7.75. The molecule has 1 atom stereocenters. The molecule has 1 aliphatic carbocycles. The molecule has 66 heavy (non-hydrogen) atoms. The summed E-state index contributed by atoms with van der Waals surface area (Å²) >= 11 is 0. The van der Waals surface area contributed by atoms with Crippen LogP contribution < -0.4 is 0 Å². The Kier molecular flexibility index (Phi) is 10.9. The lowest BCUT2D eigenvalue weighted by atomic mass is 9.79. The molecule has 1 unspecified atom stereocenters. The predicted octanol–water partition coefficient (Wildman–Crippen LogP) is 15.5. The van der Waals surface area contributed by atoms with Gasteiger partial charge in [-0.1, -0.05) is 231 Å². The van der Waals surface area contributed by atoms with E-state index in [0.717, 1.165) is 66.8 Å². The fourth-order valence-electron chi connectivity index (χ4n) is 9.57. The molecule has 4 heteroatoms. The van der Waals surface area contributed by atoms with Crippen molar-refractivity contribution < 1.29 is 0 Å². The molecular formula is C62H44N4. The smallest absolute Gasteiger partial charge is 0.163 e. The average molecular weight is 845 g/mol. The molecule has 312 valence electrons. The van der Waals surface area contributed by atoms with Gasteiger partial charge in [-0.25, -0.2) is 15.0 Å². The van der Waals surface area contributed by atoms with E-state index in [2.05, 4.69) is 194 Å². The van der Waals surface area contributed by atoms with Gasteiger partial charge in [-0.05, 0) is 90.0 Å². The van der Waals surface area contributed by atoms with Gasteiger partial charge in [0, 0.05) is 29.2 Å². The van der Waals surface area contributed by atoms with E-state index in [1.165, 1.54) is 28.5 Å². The third-order valence-electron chi connectivity index (χ3n) is 12.7. The lowest BCUT2D eigenvalue weighted by Crippen LogP contribution is -2.15. The number of fused-ring (bicyclic) bond motifs is 3. The molecule has 4 nitrogen and oxygen atoms in total. The Labute approximate surface area is 385 Å². The van der Waals surface area contributed by atoms with E-state index in [1.807, 2.05) is 48.5 Å². The van der Waals surface area contributed by atoms with Crippen LogP contribution in [0.2, 0.25) is 0 Å². The first-order valence-corrected chi connectivity index (χ1v) is 22.4. The van der Waals surface area contributed by atoms with Crippen LogP contribution in [0.4, 0.5) is 0 Å². The minimum absolute atomic E-state index is 0.224. The lowest BCUT2D eigenvalue weighted by Gasteiger charge is -2.25. The van der Waals surface area contributed by atoms with Crippen molar-refractivity contribution in [2.75, 3.05) is 0 Å². The molecule has 0 aliphatic heterocycles. The highest BCUT2D eigenvalue weighted by Crippen LogP contribution is 2.54. The van der Waals surface area contributed by atoms with Crippen LogP contribution in [-0.2, 0) is 0 Å². The maximum absolute atomic E-state index is 9.39. The Hall–Kier alpha value is -8.60. The van der Waals surface area contributed by atoms with Crippen molar-refractivity contribution in [3.05, 3.63) is 265 Å². The van der Waals surface area contributed by atoms with Crippen LogP contribution in [0.25, 0.3) is 84.0 Å². The van der Waals surface area contributed by atoms with Gasteiger partial charge in [0.05, 0.1) is 0 Å². The zero-order chi connectivity index (χ0) is 44.2. The average Bonchev–Trinajstić information content (AvgIpc) is 3.73. The van der Waals surface area contributed by atoms with Crippen LogP contribution in [0.5, 0.6) is 0 Å². The molecule has 0 bridgehead atoms. The van der Waals surface area contributed by atoms with E-state index in [0.29, 0.717) is 17.5 Å². The number of rotatable bonds is 11. The first-order chi connectivity index (χ1) is 32.7. The van der Waals surface area contributed by atoms with Crippen LogP contribution in [0.3, 0.4) is 0 Å². The second-order valence-corrected chi connectivity index (χ2v) is 16.6. The highest BCUT2D eigenvalue weighted by molar-refractivity contribution is 6.14. The molecule has 0 radical (unpaired) electrons. The first-order valence-electron chi connectivity index (χ1n) is 22.4. The molecule has 11 rings (SSSR count). The number of aromatic nitrogens is 3. The molecule has 0 saturated carbocycles. The maximum Gasteiger partial charge on any atom is 0.163 e. The Morgan fingerprint density at radius 2 is 0.742 bits per heavy atom. The largest absolute Gasteiger partial charge is 0.308 e. The van der Waals surface area contributed by atoms with E-state index in [1.54, 1.807) is 0 Å². The molecule has 0 fully saturated rings. The lowest BCUT2D eigenvalue weighted by molar-refractivity contribution is 0.680. The van der Waals surface area contributed by atoms with Crippen LogP contribution in [-0.4, -0.2) is 21.2 Å². The fraction of sp³-hybridized carbons (Fsp3) is 0.0323. The van der Waals surface area contributed by atoms with E-state index in [9.17, 15) is 5.41 Å². The summed E-state index contributed by atoms with van der Waals surface area (Å²) in [5, 5.41) is 9.39. The van der Waals surface area contributed by atoms with Crippen LogP contribution in [0.1, 0.15) is 34.4 Å². The highest BCUT2D eigenvalue weighted by Gasteiger charge is 2.37. The number of hydrogen-bond donors (Lipinski definition) is 1. The van der Waals surface area contributed by atoms with Crippen LogP contribution in [0.15, 0.2) is 243 Å². The van der Waals surface area contributed by atoms with E-state index in [4.69, 9.17) is 15.0 Å². The molecule has 9 aromatic carbocycles. The minimum Gasteiger partial charge on any atom is -0.308 e. The molecule has 0 spiro atoms. The standard InChI is InChI=1S/C62H44N4/c63-41-50(58-51(44-24-11-3-12-25-44)32-19-33-52(58)45-26-13-4-14-27-45)40-57(62-65-60(46-28-15-5-16-29-46)64-61(66-62)47-30-17-6-18-31-47)59-53-36-34-48(42-20-7-1-8-21-42)38-55(53)56-39-49(35-37-54(56)59)43-22-9-2-10-23-43/h1-41,57,59,63H/b50-40+,63-41?. The Bertz CT molecular complexity index is 3150. The molecule has 0 saturated heterocycles. The summed E-state index contributed by atoms with van der Waals surface area (Å²) < 4.78 is 0. The summed E-state index contributed by atoms with van der Waals surface area (Å²) in [5.74, 6) is 1.15. The van der Waals surface area contributed by atoms with E-state index in [-0.39, 0.29) is 5.92 Å². The zero-order valence-corrected chi connectivity index (χ0v) is 36.2. The molecule has 10 aromatic rings. The highest BCUT2D eigenvalue weighted by atomic mass is 15.0. The topological polar surface area (TPSA) is 62.5 Å². The number of nitrogens with zero attached hydrogens (tertiary/aromatic N) is 3. The number of benzene rings is 9. The normalized spacial score (nSPS) is 12.6. The summed E-state index contributed by atoms with van der Waals surface area (Å²) in [6.07, 6.45) is 3.78. The zero-order valence-electron chi connectivity index (χ0n) is 36.2. The van der Waals surface area contributed by atoms with Crippen molar-refractivity contribution in [3.63, 3.8) is 0 Å². The summed E-state index contributed by atoms with van der Waals surface area (Å²) in [7, 11) is 0. The van der Waals surface area contributed by atoms with Gasteiger partial charge < -0.3 is 5.41 Å². The minimum atomic E-state index is -0.452. The van der Waals surface area contributed by atoms with Gasteiger partial charge in [0.2, 0.25) is 0 Å². The monoisotopic (exact) mass is 844 g/mol. The van der Waals surface area contributed by atoms with Gasteiger partial charge in [-0.2, -0.15) is 0 Å². The van der Waals surface area contributed by atoms with Gasteiger partial charge in [-0.3, -0.25) is 0 Å². The number of hydrogen-bond acceptors (Lipinski definition) is 4. The van der Waals surface area contributed by atoms with Crippen molar-refractivity contribution in [2.24, 2.45) is 0 Å². The summed E-state index contributed by atoms with van der Waals surface area (Å²) in [6.45, 7) is 0. The molecule has 1 aliphatic rings. The molecule has 1 heterocycles. The third-order valence-corrected chi connectivity index (χ3v) is 12.7. The van der Waals surface area contributed by atoms with Gasteiger partial charge in [-0.15, -0.1) is 0 Å². The predicted molar refractivity (Wildman–Crippen MR) is 272 cm³/mol. The maximum atomic E-state index is 9.39. The molecular weight excluding hydrogens is 801 g/mol. The fourth-order valence-corrected chi connectivity index (χ4v) is 9.57.